The number of nitrogens with one attached hydrogen (secondary N) is 1. The first kappa shape index (κ1) is 12.2. The van der Waals surface area contributed by atoms with Crippen LogP contribution >= 0.6 is 0 Å². The van der Waals surface area contributed by atoms with Gasteiger partial charge in [-0.25, -0.2) is 4.98 Å². The van der Waals surface area contributed by atoms with E-state index in [2.05, 4.69) is 14.7 Å². The monoisotopic (exact) mass is 225 g/mol. The van der Waals surface area contributed by atoms with E-state index < -0.39 is 5.97 Å². The van der Waals surface area contributed by atoms with Gasteiger partial charge < -0.3 is 9.64 Å². The SMILES string of the molecule is COC(=O)Cc1c(C)nc(N(C)C)[nH]c1=O. The van der Waals surface area contributed by atoms with Crippen molar-refractivity contribution in [3.05, 3.63) is 21.6 Å². The molecule has 1 aromatic rings. The molecular weight excluding hydrogens is 210 g/mol. The van der Waals surface area contributed by atoms with E-state index in [1.807, 2.05) is 0 Å². The molecule has 0 radical (unpaired) electrons. The van der Waals surface area contributed by atoms with Gasteiger partial charge in [0.1, 0.15) is 0 Å². The van der Waals surface area contributed by atoms with Crippen LogP contribution < -0.4 is 10.5 Å². The summed E-state index contributed by atoms with van der Waals surface area (Å²) < 4.78 is 4.51. The normalized spacial score (nSPS) is 10.0. The molecule has 0 atom stereocenters. The smallest absolute Gasteiger partial charge is 0.310 e. The molecule has 0 saturated heterocycles. The number of carbonyl (C=O) groups is 1. The van der Waals surface area contributed by atoms with Crippen molar-refractivity contribution in [2.75, 3.05) is 26.1 Å². The molecule has 0 amide bonds. The number of hydrogen-bond donors (Lipinski definition) is 1. The van der Waals surface area contributed by atoms with Crippen molar-refractivity contribution in [3.8, 4) is 0 Å². The van der Waals surface area contributed by atoms with Crippen LogP contribution in [0.15, 0.2) is 4.79 Å². The van der Waals surface area contributed by atoms with Crippen molar-refractivity contribution in [1.29, 1.82) is 0 Å². The number of aromatic nitrogens is 2. The maximum Gasteiger partial charge on any atom is 0.310 e. The molecule has 1 N–H and O–H groups in total. The molecule has 0 aromatic carbocycles. The molecule has 0 fully saturated rings. The summed E-state index contributed by atoms with van der Waals surface area (Å²) in [5.41, 5.74) is 0.580. The molecule has 0 aliphatic rings. The average Bonchev–Trinajstić information content (AvgIpc) is 2.22. The molecule has 0 aliphatic heterocycles. The summed E-state index contributed by atoms with van der Waals surface area (Å²) in [6.45, 7) is 1.69. The van der Waals surface area contributed by atoms with Crippen molar-refractivity contribution < 1.29 is 9.53 Å². The van der Waals surface area contributed by atoms with Crippen LogP contribution in [0.25, 0.3) is 0 Å². The summed E-state index contributed by atoms with van der Waals surface area (Å²) >= 11 is 0. The Labute approximate surface area is 93.3 Å². The molecular formula is C10H15N3O3. The highest BCUT2D eigenvalue weighted by Crippen LogP contribution is 2.05. The number of aryl methyl sites for hydroxylation is 1. The van der Waals surface area contributed by atoms with E-state index in [1.54, 1.807) is 25.9 Å². The number of ether oxygens (including phenoxy) is 1. The molecule has 6 nitrogen and oxygen atoms in total. The van der Waals surface area contributed by atoms with Crippen molar-refractivity contribution in [2.45, 2.75) is 13.3 Å². The molecule has 1 aromatic heterocycles. The Kier molecular flexibility index (Phi) is 3.65. The van der Waals surface area contributed by atoms with E-state index in [-0.39, 0.29) is 12.0 Å². The lowest BCUT2D eigenvalue weighted by Gasteiger charge is -2.12. The standard InChI is InChI=1S/C10H15N3O3/c1-6-7(5-8(14)16-4)9(15)12-10(11-6)13(2)3/h5H2,1-4H3,(H,11,12,15). The molecule has 6 heteroatoms. The van der Waals surface area contributed by atoms with E-state index in [9.17, 15) is 9.59 Å². The average molecular weight is 225 g/mol. The minimum Gasteiger partial charge on any atom is -0.469 e. The van der Waals surface area contributed by atoms with Gasteiger partial charge >= 0.3 is 5.97 Å². The zero-order valence-electron chi connectivity index (χ0n) is 9.83. The number of rotatable bonds is 3. The molecule has 16 heavy (non-hydrogen) atoms. The summed E-state index contributed by atoms with van der Waals surface area (Å²) in [6.07, 6.45) is -0.0572. The molecule has 88 valence electrons. The zero-order chi connectivity index (χ0) is 12.3. The Bertz CT molecular complexity index is 451. The predicted molar refractivity (Wildman–Crippen MR) is 59.6 cm³/mol. The number of H-pyrrole nitrogens is 1. The van der Waals surface area contributed by atoms with Crippen molar-refractivity contribution in [3.63, 3.8) is 0 Å². The lowest BCUT2D eigenvalue weighted by molar-refractivity contribution is -0.139. The topological polar surface area (TPSA) is 75.3 Å². The number of anilines is 1. The van der Waals surface area contributed by atoms with Gasteiger partial charge in [-0.3, -0.25) is 14.6 Å². The molecule has 0 bridgehead atoms. The lowest BCUT2D eigenvalue weighted by atomic mass is 10.2. The van der Waals surface area contributed by atoms with E-state index in [0.29, 0.717) is 17.2 Å². The van der Waals surface area contributed by atoms with Gasteiger partial charge in [-0.05, 0) is 6.92 Å². The summed E-state index contributed by atoms with van der Waals surface area (Å²) in [7, 11) is 4.84. The highest BCUT2D eigenvalue weighted by molar-refractivity contribution is 5.72. The highest BCUT2D eigenvalue weighted by Gasteiger charge is 2.13. The van der Waals surface area contributed by atoms with Gasteiger partial charge in [-0.2, -0.15) is 0 Å². The van der Waals surface area contributed by atoms with E-state index in [4.69, 9.17) is 0 Å². The van der Waals surface area contributed by atoms with Crippen LogP contribution in [0.4, 0.5) is 5.95 Å². The van der Waals surface area contributed by atoms with Crippen LogP contribution in [-0.4, -0.2) is 37.1 Å². The summed E-state index contributed by atoms with van der Waals surface area (Å²) in [5, 5.41) is 0. The van der Waals surface area contributed by atoms with E-state index >= 15 is 0 Å². The summed E-state index contributed by atoms with van der Waals surface area (Å²) in [6, 6.07) is 0. The van der Waals surface area contributed by atoms with Gasteiger partial charge in [0.25, 0.3) is 5.56 Å². The second-order valence-corrected chi connectivity index (χ2v) is 3.60. The summed E-state index contributed by atoms with van der Waals surface area (Å²) in [5.74, 6) is 0.0177. The Morgan fingerprint density at radius 3 is 2.56 bits per heavy atom. The second kappa shape index (κ2) is 4.78. The highest BCUT2D eigenvalue weighted by atomic mass is 16.5. The minimum atomic E-state index is -0.451. The van der Waals surface area contributed by atoms with Crippen LogP contribution in [0.1, 0.15) is 11.3 Å². The van der Waals surface area contributed by atoms with Gasteiger partial charge in [-0.1, -0.05) is 0 Å². The maximum atomic E-state index is 11.7. The number of methoxy groups -OCH3 is 1. The Balaban J connectivity index is 3.13. The first-order valence-electron chi connectivity index (χ1n) is 4.79. The number of hydrogen-bond acceptors (Lipinski definition) is 5. The number of aromatic amines is 1. The van der Waals surface area contributed by atoms with Gasteiger partial charge in [0.15, 0.2) is 0 Å². The number of nitrogens with zero attached hydrogens (tertiary/aromatic N) is 2. The minimum absolute atomic E-state index is 0.0572. The Morgan fingerprint density at radius 1 is 1.50 bits per heavy atom. The fourth-order valence-electron chi connectivity index (χ4n) is 1.23. The molecule has 0 aliphatic carbocycles. The van der Waals surface area contributed by atoms with Crippen LogP contribution in [0.2, 0.25) is 0 Å². The molecule has 0 unspecified atom stereocenters. The molecule has 0 saturated carbocycles. The Hall–Kier alpha value is -1.85. The van der Waals surface area contributed by atoms with Crippen molar-refractivity contribution in [1.82, 2.24) is 9.97 Å². The van der Waals surface area contributed by atoms with Crippen LogP contribution in [0.5, 0.6) is 0 Å². The number of esters is 1. The van der Waals surface area contributed by atoms with Crippen LogP contribution in [0, 0.1) is 6.92 Å². The predicted octanol–water partition coefficient (Wildman–Crippen LogP) is -0.140. The fourth-order valence-corrected chi connectivity index (χ4v) is 1.23. The van der Waals surface area contributed by atoms with Crippen molar-refractivity contribution >= 4 is 11.9 Å². The third-order valence-electron chi connectivity index (χ3n) is 2.18. The third kappa shape index (κ3) is 2.59. The molecule has 1 rings (SSSR count). The molecule has 0 spiro atoms. The second-order valence-electron chi connectivity index (χ2n) is 3.60. The van der Waals surface area contributed by atoms with Gasteiger partial charge in [-0.15, -0.1) is 0 Å². The summed E-state index contributed by atoms with van der Waals surface area (Å²) in [4.78, 5) is 31.2. The maximum absolute atomic E-state index is 11.7. The van der Waals surface area contributed by atoms with E-state index in [0.717, 1.165) is 0 Å². The number of carbonyl (C=O) groups excluding carboxylic acids is 1. The first-order valence-corrected chi connectivity index (χ1v) is 4.79. The third-order valence-corrected chi connectivity index (χ3v) is 2.18. The van der Waals surface area contributed by atoms with E-state index in [1.165, 1.54) is 7.11 Å². The quantitative estimate of drug-likeness (QED) is 0.725. The zero-order valence-corrected chi connectivity index (χ0v) is 9.83. The fraction of sp³-hybridized carbons (Fsp3) is 0.500. The largest absolute Gasteiger partial charge is 0.469 e. The Morgan fingerprint density at radius 2 is 2.12 bits per heavy atom. The van der Waals surface area contributed by atoms with Crippen molar-refractivity contribution in [2.24, 2.45) is 0 Å². The first-order chi connectivity index (χ1) is 7.45. The van der Waals surface area contributed by atoms with Gasteiger partial charge in [0.05, 0.1) is 19.2 Å². The van der Waals surface area contributed by atoms with Gasteiger partial charge in [0.2, 0.25) is 5.95 Å². The van der Waals surface area contributed by atoms with Crippen LogP contribution in [0.3, 0.4) is 0 Å². The lowest BCUT2D eigenvalue weighted by Crippen LogP contribution is -2.24. The molecule has 1 heterocycles. The van der Waals surface area contributed by atoms with Crippen LogP contribution in [-0.2, 0) is 16.0 Å². The van der Waals surface area contributed by atoms with Gasteiger partial charge in [0, 0.05) is 19.7 Å².